The van der Waals surface area contributed by atoms with Gasteiger partial charge in [0.2, 0.25) is 11.2 Å². The molecule has 2 aromatic heterocycles. The van der Waals surface area contributed by atoms with E-state index in [1.165, 1.54) is 7.11 Å². The van der Waals surface area contributed by atoms with Crippen molar-refractivity contribution < 1.29 is 9.15 Å². The van der Waals surface area contributed by atoms with E-state index in [0.29, 0.717) is 22.4 Å². The predicted octanol–water partition coefficient (Wildman–Crippen LogP) is 2.51. The molecule has 0 spiro atoms. The first-order chi connectivity index (χ1) is 12.7. The molecule has 0 saturated heterocycles. The van der Waals surface area contributed by atoms with Crippen molar-refractivity contribution >= 4 is 11.0 Å². The van der Waals surface area contributed by atoms with Crippen molar-refractivity contribution in [3.05, 3.63) is 70.7 Å². The Hall–Kier alpha value is -3.45. The number of hydrogen-bond donors (Lipinski definition) is 1. The third kappa shape index (κ3) is 2.64. The van der Waals surface area contributed by atoms with E-state index >= 15 is 0 Å². The quantitative estimate of drug-likeness (QED) is 0.609. The van der Waals surface area contributed by atoms with Crippen LogP contribution in [0.1, 0.15) is 5.76 Å². The maximum Gasteiger partial charge on any atom is 0.234 e. The van der Waals surface area contributed by atoms with Gasteiger partial charge in [0.1, 0.15) is 11.3 Å². The minimum atomic E-state index is -0.242. The number of rotatable bonds is 4. The number of fused-ring (bicyclic) bond motifs is 1. The summed E-state index contributed by atoms with van der Waals surface area (Å²) in [5, 5.41) is 8.80. The lowest BCUT2D eigenvalue weighted by atomic mass is 10.1. The van der Waals surface area contributed by atoms with Gasteiger partial charge in [0.05, 0.1) is 30.9 Å². The van der Waals surface area contributed by atoms with Crippen molar-refractivity contribution in [3.8, 4) is 22.7 Å². The number of methoxy groups -OCH3 is 1. The lowest BCUT2D eigenvalue weighted by Gasteiger charge is -2.07. The van der Waals surface area contributed by atoms with Crippen LogP contribution in [0.15, 0.2) is 63.9 Å². The minimum absolute atomic E-state index is 0.0722. The van der Waals surface area contributed by atoms with Crippen LogP contribution in [0, 0.1) is 0 Å². The van der Waals surface area contributed by atoms with Gasteiger partial charge in [0.25, 0.3) is 0 Å². The normalized spacial score (nSPS) is 11.0. The number of benzene rings is 2. The van der Waals surface area contributed by atoms with Gasteiger partial charge >= 0.3 is 0 Å². The van der Waals surface area contributed by atoms with Crippen LogP contribution in [-0.2, 0) is 6.54 Å². The molecule has 0 saturated carbocycles. The van der Waals surface area contributed by atoms with Crippen molar-refractivity contribution in [2.45, 2.75) is 6.54 Å². The maximum atomic E-state index is 12.5. The second kappa shape index (κ2) is 6.45. The Balaban J connectivity index is 1.81. The third-order valence-corrected chi connectivity index (χ3v) is 4.12. The topological polar surface area (TPSA) is 96.2 Å². The molecule has 0 radical (unpaired) electrons. The molecule has 0 atom stereocenters. The van der Waals surface area contributed by atoms with Crippen molar-refractivity contribution in [1.82, 2.24) is 15.0 Å². The first-order valence-corrected chi connectivity index (χ1v) is 8.03. The molecule has 7 nitrogen and oxygen atoms in total. The minimum Gasteiger partial charge on any atom is -0.490 e. The number of nitrogens with two attached hydrogens (primary N) is 1. The number of hydrogen-bond acceptors (Lipinski definition) is 6. The summed E-state index contributed by atoms with van der Waals surface area (Å²) in [6, 6.07) is 15.0. The Morgan fingerprint density at radius 2 is 2.00 bits per heavy atom. The summed E-state index contributed by atoms with van der Waals surface area (Å²) in [7, 11) is 1.42. The Morgan fingerprint density at radius 1 is 1.19 bits per heavy atom. The molecule has 0 aliphatic carbocycles. The molecule has 4 aromatic rings. The van der Waals surface area contributed by atoms with E-state index in [0.717, 1.165) is 11.3 Å². The molecular formula is C19H16N4O3. The van der Waals surface area contributed by atoms with Gasteiger partial charge in [-0.1, -0.05) is 29.5 Å². The van der Waals surface area contributed by atoms with Crippen molar-refractivity contribution in [2.75, 3.05) is 7.11 Å². The van der Waals surface area contributed by atoms with Crippen LogP contribution >= 0.6 is 0 Å². The number of aromatic nitrogens is 3. The number of ether oxygens (including phenoxy) is 1. The lowest BCUT2D eigenvalue weighted by molar-refractivity contribution is 0.378. The SMILES string of the molecule is COc1c(CN)oc2cc(-c3cn(-c4ccccc4)nn3)ccc2c1=O. The fraction of sp³-hybridized carbons (Fsp3) is 0.105. The van der Waals surface area contributed by atoms with Gasteiger partial charge in [0, 0.05) is 5.56 Å². The summed E-state index contributed by atoms with van der Waals surface area (Å²) in [5.41, 5.74) is 8.22. The zero-order valence-electron chi connectivity index (χ0n) is 14.0. The van der Waals surface area contributed by atoms with Crippen LogP contribution in [0.3, 0.4) is 0 Å². The Bertz CT molecular complexity index is 1130. The van der Waals surface area contributed by atoms with Gasteiger partial charge in [-0.05, 0) is 24.3 Å². The Kier molecular flexibility index (Phi) is 3.98. The molecule has 4 rings (SSSR count). The highest BCUT2D eigenvalue weighted by atomic mass is 16.5. The monoisotopic (exact) mass is 348 g/mol. The standard InChI is InChI=1S/C19H16N4O3/c1-25-19-17(10-20)26-16-9-12(7-8-14(16)18(19)24)15-11-23(22-21-15)13-5-3-2-4-6-13/h2-9,11H,10,20H2,1H3. The van der Waals surface area contributed by atoms with Crippen LogP contribution < -0.4 is 15.9 Å². The van der Waals surface area contributed by atoms with Crippen LogP contribution in [0.4, 0.5) is 0 Å². The molecule has 0 bridgehead atoms. The van der Waals surface area contributed by atoms with E-state index in [-0.39, 0.29) is 17.7 Å². The van der Waals surface area contributed by atoms with Gasteiger partial charge in [-0.15, -0.1) is 5.10 Å². The smallest absolute Gasteiger partial charge is 0.234 e. The highest BCUT2D eigenvalue weighted by molar-refractivity contribution is 5.83. The van der Waals surface area contributed by atoms with Crippen LogP contribution in [0.2, 0.25) is 0 Å². The van der Waals surface area contributed by atoms with E-state index < -0.39 is 0 Å². The zero-order valence-corrected chi connectivity index (χ0v) is 14.0. The average molecular weight is 348 g/mol. The highest BCUT2D eigenvalue weighted by Crippen LogP contribution is 2.25. The molecule has 2 aromatic carbocycles. The number of nitrogens with zero attached hydrogens (tertiary/aromatic N) is 3. The fourth-order valence-electron chi connectivity index (χ4n) is 2.83. The van der Waals surface area contributed by atoms with Gasteiger partial charge in [-0.3, -0.25) is 4.79 Å². The van der Waals surface area contributed by atoms with Crippen LogP contribution in [0.25, 0.3) is 27.9 Å². The molecule has 130 valence electrons. The van der Waals surface area contributed by atoms with E-state index in [2.05, 4.69) is 10.3 Å². The molecular weight excluding hydrogens is 332 g/mol. The molecule has 0 fully saturated rings. The third-order valence-electron chi connectivity index (χ3n) is 4.12. The van der Waals surface area contributed by atoms with Crippen molar-refractivity contribution in [1.29, 1.82) is 0 Å². The van der Waals surface area contributed by atoms with Crippen LogP contribution in [0.5, 0.6) is 5.75 Å². The van der Waals surface area contributed by atoms with Gasteiger partial charge < -0.3 is 14.9 Å². The summed E-state index contributed by atoms with van der Waals surface area (Å²) < 4.78 is 12.6. The van der Waals surface area contributed by atoms with Gasteiger partial charge in [-0.25, -0.2) is 4.68 Å². The molecule has 0 amide bonds. The molecule has 2 N–H and O–H groups in total. The Morgan fingerprint density at radius 3 is 2.73 bits per heavy atom. The first kappa shape index (κ1) is 16.0. The predicted molar refractivity (Wildman–Crippen MR) is 97.3 cm³/mol. The summed E-state index contributed by atoms with van der Waals surface area (Å²) in [6.45, 7) is 0.0722. The van der Waals surface area contributed by atoms with Gasteiger partial charge in [0.15, 0.2) is 5.76 Å². The van der Waals surface area contributed by atoms with E-state index in [4.69, 9.17) is 14.9 Å². The fourth-order valence-corrected chi connectivity index (χ4v) is 2.83. The number of para-hydroxylation sites is 1. The molecule has 26 heavy (non-hydrogen) atoms. The first-order valence-electron chi connectivity index (χ1n) is 8.03. The van der Waals surface area contributed by atoms with E-state index in [9.17, 15) is 4.79 Å². The average Bonchev–Trinajstić information content (AvgIpc) is 3.18. The molecule has 0 aliphatic heterocycles. The molecule has 7 heteroatoms. The van der Waals surface area contributed by atoms with Crippen molar-refractivity contribution in [2.24, 2.45) is 5.73 Å². The maximum absolute atomic E-state index is 12.5. The second-order valence-corrected chi connectivity index (χ2v) is 5.69. The second-order valence-electron chi connectivity index (χ2n) is 5.69. The summed E-state index contributed by atoms with van der Waals surface area (Å²) in [4.78, 5) is 12.5. The summed E-state index contributed by atoms with van der Waals surface area (Å²) in [6.07, 6.45) is 1.82. The van der Waals surface area contributed by atoms with E-state index in [1.54, 1.807) is 22.9 Å². The zero-order chi connectivity index (χ0) is 18.1. The summed E-state index contributed by atoms with van der Waals surface area (Å²) >= 11 is 0. The highest BCUT2D eigenvalue weighted by Gasteiger charge is 2.15. The Labute approximate surface area is 148 Å². The molecule has 0 aliphatic rings. The van der Waals surface area contributed by atoms with Crippen molar-refractivity contribution in [3.63, 3.8) is 0 Å². The summed E-state index contributed by atoms with van der Waals surface area (Å²) in [5.74, 6) is 0.456. The lowest BCUT2D eigenvalue weighted by Crippen LogP contribution is -2.11. The van der Waals surface area contributed by atoms with Gasteiger partial charge in [-0.2, -0.15) is 0 Å². The molecule has 0 unspecified atom stereocenters. The molecule has 2 heterocycles. The largest absolute Gasteiger partial charge is 0.490 e. The van der Waals surface area contributed by atoms with E-state index in [1.807, 2.05) is 36.5 Å². The van der Waals surface area contributed by atoms with Crippen LogP contribution in [-0.4, -0.2) is 22.1 Å².